The number of hydrogen-bond acceptors (Lipinski definition) is 3. The lowest BCUT2D eigenvalue weighted by Gasteiger charge is -2.15. The summed E-state index contributed by atoms with van der Waals surface area (Å²) >= 11 is 0. The fraction of sp³-hybridized carbons (Fsp3) is 0.500. The van der Waals surface area contributed by atoms with Crippen molar-refractivity contribution in [3.05, 3.63) is 29.8 Å². The van der Waals surface area contributed by atoms with E-state index in [0.29, 0.717) is 0 Å². The Kier molecular flexibility index (Phi) is 6.16. The molecule has 1 aromatic rings. The van der Waals surface area contributed by atoms with E-state index in [1.165, 1.54) is 12.1 Å². The highest BCUT2D eigenvalue weighted by molar-refractivity contribution is 7.89. The number of carbonyl (C=O) groups excluding carboxylic acids is 1. The molecule has 1 aromatic carbocycles. The summed E-state index contributed by atoms with van der Waals surface area (Å²) in [5, 5.41) is 7.93. The fourth-order valence-corrected chi connectivity index (χ4v) is 2.71. The third kappa shape index (κ3) is 4.94. The summed E-state index contributed by atoms with van der Waals surface area (Å²) in [5.41, 5.74) is 0.0948. The molecule has 0 spiro atoms. The van der Waals surface area contributed by atoms with Gasteiger partial charge < -0.3 is 5.32 Å². The Balaban J connectivity index is 2.78. The van der Waals surface area contributed by atoms with Gasteiger partial charge in [0.1, 0.15) is 0 Å². The van der Waals surface area contributed by atoms with E-state index in [1.54, 1.807) is 12.1 Å². The summed E-state index contributed by atoms with van der Waals surface area (Å²) in [6.07, 6.45) is 4.15. The quantitative estimate of drug-likeness (QED) is 0.755. The van der Waals surface area contributed by atoms with Crippen molar-refractivity contribution in [2.24, 2.45) is 5.14 Å². The highest BCUT2D eigenvalue weighted by Crippen LogP contribution is 2.14. The van der Waals surface area contributed by atoms with Crippen LogP contribution < -0.4 is 10.5 Å². The Morgan fingerprint density at radius 1 is 1.30 bits per heavy atom. The van der Waals surface area contributed by atoms with Crippen LogP contribution in [0.15, 0.2) is 29.2 Å². The second-order valence-corrected chi connectivity index (χ2v) is 6.44. The maximum absolute atomic E-state index is 12.1. The molecule has 0 saturated carbocycles. The number of rotatable bonds is 7. The van der Waals surface area contributed by atoms with Crippen molar-refractivity contribution in [2.45, 2.75) is 50.5 Å². The molecule has 0 saturated heterocycles. The molecule has 1 amide bonds. The summed E-state index contributed by atoms with van der Waals surface area (Å²) in [6.45, 7) is 4.03. The molecule has 0 heterocycles. The molecule has 0 bridgehead atoms. The highest BCUT2D eigenvalue weighted by Gasteiger charge is 2.19. The van der Waals surface area contributed by atoms with Crippen LogP contribution in [0.1, 0.15) is 49.9 Å². The number of sulfonamides is 1. The normalized spacial score (nSPS) is 12.9. The molecular weight excluding hydrogens is 276 g/mol. The van der Waals surface area contributed by atoms with E-state index in [9.17, 15) is 13.2 Å². The number of hydrogen-bond donors (Lipinski definition) is 2. The Morgan fingerprint density at radius 2 is 1.95 bits per heavy atom. The van der Waals surface area contributed by atoms with Crippen LogP contribution in [0.3, 0.4) is 0 Å². The van der Waals surface area contributed by atoms with Crippen LogP contribution in [-0.4, -0.2) is 20.4 Å². The fourth-order valence-electron chi connectivity index (χ4n) is 1.98. The zero-order chi connectivity index (χ0) is 15.2. The van der Waals surface area contributed by atoms with Crippen molar-refractivity contribution >= 4 is 15.9 Å². The first-order valence-electron chi connectivity index (χ1n) is 6.79. The number of unbranched alkanes of at least 4 members (excludes halogenated alkanes) is 2. The van der Waals surface area contributed by atoms with Gasteiger partial charge in [-0.2, -0.15) is 0 Å². The smallest absolute Gasteiger partial charge is 0.252 e. The van der Waals surface area contributed by atoms with E-state index in [4.69, 9.17) is 5.14 Å². The first-order chi connectivity index (χ1) is 9.36. The maximum Gasteiger partial charge on any atom is 0.252 e. The average Bonchev–Trinajstić information content (AvgIpc) is 2.38. The number of carbonyl (C=O) groups is 1. The predicted octanol–water partition coefficient (Wildman–Crippen LogP) is 2.03. The van der Waals surface area contributed by atoms with Crippen molar-refractivity contribution in [3.63, 3.8) is 0 Å². The Hall–Kier alpha value is -1.40. The van der Waals surface area contributed by atoms with Crippen LogP contribution in [0.2, 0.25) is 0 Å². The van der Waals surface area contributed by atoms with Crippen molar-refractivity contribution in [3.8, 4) is 0 Å². The van der Waals surface area contributed by atoms with Gasteiger partial charge in [-0.1, -0.05) is 38.3 Å². The van der Waals surface area contributed by atoms with Gasteiger partial charge in [0.15, 0.2) is 0 Å². The Bertz CT molecular complexity index is 555. The number of amides is 1. The zero-order valence-corrected chi connectivity index (χ0v) is 12.7. The third-order valence-corrected chi connectivity index (χ3v) is 4.03. The molecule has 112 valence electrons. The van der Waals surface area contributed by atoms with Gasteiger partial charge in [0.2, 0.25) is 10.0 Å². The van der Waals surface area contributed by atoms with Crippen LogP contribution in [0.4, 0.5) is 0 Å². The van der Waals surface area contributed by atoms with Crippen molar-refractivity contribution in [1.29, 1.82) is 0 Å². The molecule has 1 rings (SSSR count). The monoisotopic (exact) mass is 298 g/mol. The van der Waals surface area contributed by atoms with Gasteiger partial charge in [-0.15, -0.1) is 0 Å². The maximum atomic E-state index is 12.1. The Morgan fingerprint density at radius 3 is 2.55 bits per heavy atom. The third-order valence-electron chi connectivity index (χ3n) is 3.06. The van der Waals surface area contributed by atoms with E-state index >= 15 is 0 Å². The summed E-state index contributed by atoms with van der Waals surface area (Å²) in [4.78, 5) is 12.0. The van der Waals surface area contributed by atoms with Crippen LogP contribution in [0.25, 0.3) is 0 Å². The molecule has 0 fully saturated rings. The van der Waals surface area contributed by atoms with E-state index < -0.39 is 15.9 Å². The molecule has 0 radical (unpaired) electrons. The Labute approximate surface area is 120 Å². The molecular formula is C14H22N2O3S. The minimum atomic E-state index is -3.90. The first-order valence-corrected chi connectivity index (χ1v) is 8.33. The molecule has 1 atom stereocenters. The van der Waals surface area contributed by atoms with Crippen molar-refractivity contribution in [2.75, 3.05) is 0 Å². The van der Waals surface area contributed by atoms with Crippen molar-refractivity contribution < 1.29 is 13.2 Å². The minimum absolute atomic E-state index is 0.00239. The molecule has 5 nitrogen and oxygen atoms in total. The summed E-state index contributed by atoms with van der Waals surface area (Å²) in [7, 11) is -3.90. The lowest BCUT2D eigenvalue weighted by atomic mass is 10.1. The lowest BCUT2D eigenvalue weighted by molar-refractivity contribution is 0.0934. The molecule has 3 N–H and O–H groups in total. The summed E-state index contributed by atoms with van der Waals surface area (Å²) in [5.74, 6) is -0.404. The van der Waals surface area contributed by atoms with E-state index in [1.807, 2.05) is 6.92 Å². The number of nitrogens with two attached hydrogens (primary N) is 1. The number of nitrogens with one attached hydrogen (secondary N) is 1. The van der Waals surface area contributed by atoms with Crippen LogP contribution >= 0.6 is 0 Å². The first kappa shape index (κ1) is 16.7. The second kappa shape index (κ2) is 7.40. The SMILES string of the molecule is CCCCCC(C)NC(=O)c1ccccc1S(N)(=O)=O. The van der Waals surface area contributed by atoms with Gasteiger partial charge in [-0.25, -0.2) is 13.6 Å². The van der Waals surface area contributed by atoms with Gasteiger partial charge in [0.05, 0.1) is 10.5 Å². The number of primary sulfonamides is 1. The van der Waals surface area contributed by atoms with Gasteiger partial charge in [-0.05, 0) is 25.5 Å². The molecule has 0 aromatic heterocycles. The highest BCUT2D eigenvalue weighted by atomic mass is 32.2. The van der Waals surface area contributed by atoms with Crippen molar-refractivity contribution in [1.82, 2.24) is 5.32 Å². The van der Waals surface area contributed by atoms with E-state index in [2.05, 4.69) is 12.2 Å². The zero-order valence-electron chi connectivity index (χ0n) is 11.9. The summed E-state index contributed by atoms with van der Waals surface area (Å²) in [6, 6.07) is 5.97. The van der Waals surface area contributed by atoms with E-state index in [0.717, 1.165) is 25.7 Å². The molecule has 6 heteroatoms. The molecule has 0 aliphatic rings. The molecule has 20 heavy (non-hydrogen) atoms. The van der Waals surface area contributed by atoms with Gasteiger partial charge in [0.25, 0.3) is 5.91 Å². The molecule has 0 aliphatic heterocycles. The van der Waals surface area contributed by atoms with Gasteiger partial charge in [-0.3, -0.25) is 4.79 Å². The molecule has 0 aliphatic carbocycles. The minimum Gasteiger partial charge on any atom is -0.350 e. The predicted molar refractivity (Wildman–Crippen MR) is 78.9 cm³/mol. The lowest BCUT2D eigenvalue weighted by Crippen LogP contribution is -2.33. The van der Waals surface area contributed by atoms with Gasteiger partial charge >= 0.3 is 0 Å². The standard InChI is InChI=1S/C14H22N2O3S/c1-3-4-5-8-11(2)16-14(17)12-9-6-7-10-13(12)20(15,18)19/h6-7,9-11H,3-5,8H2,1-2H3,(H,16,17)(H2,15,18,19). The van der Waals surface area contributed by atoms with Crippen LogP contribution in [0, 0.1) is 0 Å². The largest absolute Gasteiger partial charge is 0.350 e. The second-order valence-electron chi connectivity index (χ2n) is 4.91. The molecule has 1 unspecified atom stereocenters. The summed E-state index contributed by atoms with van der Waals surface area (Å²) < 4.78 is 22.9. The topological polar surface area (TPSA) is 89.3 Å². The average molecular weight is 298 g/mol. The number of benzene rings is 1. The van der Waals surface area contributed by atoms with Crippen LogP contribution in [0.5, 0.6) is 0 Å². The van der Waals surface area contributed by atoms with E-state index in [-0.39, 0.29) is 16.5 Å². The van der Waals surface area contributed by atoms with Gasteiger partial charge in [0, 0.05) is 6.04 Å². The van der Waals surface area contributed by atoms with Crippen LogP contribution in [-0.2, 0) is 10.0 Å².